The summed E-state index contributed by atoms with van der Waals surface area (Å²) >= 11 is 0. The lowest BCUT2D eigenvalue weighted by atomic mass is 9.89. The van der Waals surface area contributed by atoms with Crippen molar-refractivity contribution >= 4 is 29.0 Å². The van der Waals surface area contributed by atoms with Gasteiger partial charge < -0.3 is 25.4 Å². The van der Waals surface area contributed by atoms with E-state index in [0.717, 1.165) is 37.3 Å². The number of carbonyl (C=O) groups is 3. The number of methoxy groups -OCH3 is 1. The Morgan fingerprint density at radius 2 is 2.03 bits per heavy atom. The summed E-state index contributed by atoms with van der Waals surface area (Å²) in [6.07, 6.45) is 1.83. The summed E-state index contributed by atoms with van der Waals surface area (Å²) in [6, 6.07) is 2.48. The summed E-state index contributed by atoms with van der Waals surface area (Å²) in [4.78, 5) is 40.6. The predicted octanol–water partition coefficient (Wildman–Crippen LogP) is 1.35. The zero-order valence-corrected chi connectivity index (χ0v) is 16.6. The van der Waals surface area contributed by atoms with Gasteiger partial charge in [0.1, 0.15) is 6.17 Å². The molecule has 4 aliphatic rings. The van der Waals surface area contributed by atoms with Crippen molar-refractivity contribution in [3.63, 3.8) is 0 Å². The van der Waals surface area contributed by atoms with Crippen molar-refractivity contribution < 1.29 is 28.6 Å². The molecule has 1 amide bonds. The third-order valence-electron chi connectivity index (χ3n) is 7.00. The Kier molecular flexibility index (Phi) is 4.12. The minimum Gasteiger partial charge on any atom is -0.492 e. The minimum atomic E-state index is -1.86. The number of hydrogen-bond donors (Lipinski definition) is 2. The van der Waals surface area contributed by atoms with E-state index in [2.05, 4.69) is 4.90 Å². The largest absolute Gasteiger partial charge is 0.492 e. The Balaban J connectivity index is 1.59. The fourth-order valence-electron chi connectivity index (χ4n) is 4.93. The Morgan fingerprint density at radius 1 is 1.33 bits per heavy atom. The number of anilines is 2. The molecule has 2 aliphatic carbocycles. The average molecular weight is 417 g/mol. The first-order valence-electron chi connectivity index (χ1n) is 10.3. The van der Waals surface area contributed by atoms with Crippen LogP contribution in [-0.2, 0) is 9.59 Å². The van der Waals surface area contributed by atoms with Gasteiger partial charge in [0.25, 0.3) is 0 Å². The molecule has 0 radical (unpaired) electrons. The highest BCUT2D eigenvalue weighted by Gasteiger charge is 2.55. The van der Waals surface area contributed by atoms with Gasteiger partial charge in [-0.2, -0.15) is 0 Å². The number of alkyl halides is 1. The van der Waals surface area contributed by atoms with Crippen LogP contribution < -0.4 is 20.3 Å². The number of ether oxygens (including phenoxy) is 1. The summed E-state index contributed by atoms with van der Waals surface area (Å²) < 4.78 is 19.6. The van der Waals surface area contributed by atoms with Crippen molar-refractivity contribution in [1.29, 1.82) is 0 Å². The predicted molar refractivity (Wildman–Crippen MR) is 106 cm³/mol. The number of carboxylic acids is 1. The molecule has 5 rings (SSSR count). The zero-order chi connectivity index (χ0) is 21.4. The van der Waals surface area contributed by atoms with Crippen LogP contribution in [0.15, 0.2) is 12.1 Å². The molecule has 2 heterocycles. The SMILES string of the molecule is COc1c(N2CC[C@@H](C3(N)CC3)C2)ccc2c1N([C@@H]1C[C@@H]1F)C(=O)C(C(=O)O)C2=O. The van der Waals surface area contributed by atoms with Gasteiger partial charge in [0.05, 0.1) is 24.5 Å². The normalized spacial score (nSPS) is 31.6. The quantitative estimate of drug-likeness (QED) is 0.696. The van der Waals surface area contributed by atoms with Gasteiger partial charge >= 0.3 is 5.97 Å². The van der Waals surface area contributed by atoms with E-state index in [9.17, 15) is 23.9 Å². The Labute approximate surface area is 172 Å². The molecule has 3 N–H and O–H groups in total. The molecular formula is C21H24FN3O5. The second kappa shape index (κ2) is 6.41. The van der Waals surface area contributed by atoms with Crippen LogP contribution in [0.25, 0.3) is 0 Å². The van der Waals surface area contributed by atoms with Gasteiger partial charge in [-0.05, 0) is 37.3 Å². The van der Waals surface area contributed by atoms with E-state index >= 15 is 0 Å². The van der Waals surface area contributed by atoms with Gasteiger partial charge in [0.2, 0.25) is 5.91 Å². The first kappa shape index (κ1) is 19.3. The first-order chi connectivity index (χ1) is 14.3. The van der Waals surface area contributed by atoms with E-state index < -0.39 is 35.8 Å². The number of ketones is 1. The van der Waals surface area contributed by atoms with Crippen LogP contribution in [-0.4, -0.2) is 60.7 Å². The molecule has 9 heteroatoms. The van der Waals surface area contributed by atoms with Gasteiger partial charge in [-0.15, -0.1) is 0 Å². The third-order valence-corrected chi connectivity index (χ3v) is 7.00. The standard InChI is InChI=1S/C21H24FN3O5/c1-30-18-13(24-7-4-10(9-24)21(23)5-6-21)3-2-11-16(18)25(14-8-12(14)22)19(27)15(17(11)26)20(28)29/h2-3,10,12,14-15H,4-9,23H2,1H3,(H,28,29)/t10-,12+,14-,15?/m1/s1. The second-order valence-corrected chi connectivity index (χ2v) is 8.84. The van der Waals surface area contributed by atoms with Gasteiger partial charge in [0, 0.05) is 30.6 Å². The van der Waals surface area contributed by atoms with Gasteiger partial charge in [-0.1, -0.05) is 0 Å². The van der Waals surface area contributed by atoms with Crippen LogP contribution in [0.1, 0.15) is 36.0 Å². The smallest absolute Gasteiger partial charge is 0.324 e. The number of halogens is 1. The van der Waals surface area contributed by atoms with Crippen molar-refractivity contribution in [2.75, 3.05) is 30.0 Å². The number of carbonyl (C=O) groups excluding carboxylic acids is 2. The number of hydrogen-bond acceptors (Lipinski definition) is 6. The molecule has 160 valence electrons. The van der Waals surface area contributed by atoms with Crippen molar-refractivity contribution in [3.8, 4) is 5.75 Å². The van der Waals surface area contributed by atoms with Crippen LogP contribution in [0.4, 0.5) is 15.8 Å². The van der Waals surface area contributed by atoms with E-state index in [-0.39, 0.29) is 23.2 Å². The van der Waals surface area contributed by atoms with Gasteiger partial charge in [0.15, 0.2) is 17.5 Å². The fourth-order valence-corrected chi connectivity index (χ4v) is 4.93. The number of amides is 1. The maximum atomic E-state index is 14.0. The van der Waals surface area contributed by atoms with Crippen molar-refractivity contribution in [1.82, 2.24) is 0 Å². The summed E-state index contributed by atoms with van der Waals surface area (Å²) in [5.41, 5.74) is 7.24. The molecule has 2 saturated carbocycles. The van der Waals surface area contributed by atoms with E-state index in [4.69, 9.17) is 10.5 Å². The lowest BCUT2D eigenvalue weighted by Gasteiger charge is -2.35. The third kappa shape index (κ3) is 2.71. The molecule has 0 bridgehead atoms. The highest BCUT2D eigenvalue weighted by atomic mass is 19.1. The molecule has 4 atom stereocenters. The van der Waals surface area contributed by atoms with Crippen molar-refractivity contribution in [2.24, 2.45) is 17.6 Å². The molecular weight excluding hydrogens is 393 g/mol. The number of aliphatic carboxylic acids is 1. The second-order valence-electron chi connectivity index (χ2n) is 8.84. The Hall–Kier alpha value is -2.68. The van der Waals surface area contributed by atoms with Crippen molar-refractivity contribution in [2.45, 2.75) is 43.4 Å². The van der Waals surface area contributed by atoms with Crippen LogP contribution in [0, 0.1) is 11.8 Å². The molecule has 1 aromatic carbocycles. The maximum Gasteiger partial charge on any atom is 0.324 e. The monoisotopic (exact) mass is 417 g/mol. The molecule has 1 saturated heterocycles. The average Bonchev–Trinajstić information content (AvgIpc) is 3.56. The molecule has 2 aliphatic heterocycles. The summed E-state index contributed by atoms with van der Waals surface area (Å²) in [7, 11) is 1.44. The number of carboxylic acid groups (broad SMARTS) is 1. The molecule has 0 spiro atoms. The van der Waals surface area contributed by atoms with Crippen LogP contribution in [0.5, 0.6) is 5.75 Å². The first-order valence-corrected chi connectivity index (χ1v) is 10.3. The summed E-state index contributed by atoms with van der Waals surface area (Å²) in [5.74, 6) is -4.42. The number of nitrogens with two attached hydrogens (primary N) is 1. The van der Waals surface area contributed by atoms with E-state index in [1.165, 1.54) is 13.2 Å². The van der Waals surface area contributed by atoms with Crippen LogP contribution >= 0.6 is 0 Å². The Bertz CT molecular complexity index is 962. The van der Waals surface area contributed by atoms with Gasteiger partial charge in [-0.3, -0.25) is 14.4 Å². The molecule has 3 fully saturated rings. The number of Topliss-reactive ketones (excluding diaryl/α,β-unsaturated/α-hetero) is 1. The van der Waals surface area contributed by atoms with Crippen LogP contribution in [0.2, 0.25) is 0 Å². The van der Waals surface area contributed by atoms with E-state index in [1.54, 1.807) is 6.07 Å². The van der Waals surface area contributed by atoms with E-state index in [1.807, 2.05) is 0 Å². The van der Waals surface area contributed by atoms with Gasteiger partial charge in [-0.25, -0.2) is 4.39 Å². The number of rotatable bonds is 5. The topological polar surface area (TPSA) is 113 Å². The number of benzene rings is 1. The molecule has 1 aromatic rings. The molecule has 0 aromatic heterocycles. The number of nitrogens with zero attached hydrogens (tertiary/aromatic N) is 2. The lowest BCUT2D eigenvalue weighted by Crippen LogP contribution is -2.49. The fraction of sp³-hybridized carbons (Fsp3) is 0.571. The zero-order valence-electron chi connectivity index (χ0n) is 16.6. The van der Waals surface area contributed by atoms with Crippen molar-refractivity contribution in [3.05, 3.63) is 17.7 Å². The van der Waals surface area contributed by atoms with E-state index in [0.29, 0.717) is 17.4 Å². The number of fused-ring (bicyclic) bond motifs is 1. The highest BCUT2D eigenvalue weighted by Crippen LogP contribution is 2.51. The molecule has 8 nitrogen and oxygen atoms in total. The molecule has 30 heavy (non-hydrogen) atoms. The minimum absolute atomic E-state index is 0.0786. The molecule has 1 unspecified atom stereocenters. The highest BCUT2D eigenvalue weighted by molar-refractivity contribution is 6.31. The lowest BCUT2D eigenvalue weighted by molar-refractivity contribution is -0.144. The maximum absolute atomic E-state index is 14.0. The Morgan fingerprint density at radius 3 is 2.60 bits per heavy atom. The van der Waals surface area contributed by atoms with Crippen LogP contribution in [0.3, 0.4) is 0 Å². The summed E-state index contributed by atoms with van der Waals surface area (Å²) in [6.45, 7) is 1.49. The summed E-state index contributed by atoms with van der Waals surface area (Å²) in [5, 5.41) is 9.44.